The summed E-state index contributed by atoms with van der Waals surface area (Å²) in [6.45, 7) is 0. The first-order valence-electron chi connectivity index (χ1n) is 13.3. The van der Waals surface area contributed by atoms with Crippen molar-refractivity contribution < 1.29 is 0 Å². The Balaban J connectivity index is 1.38. The van der Waals surface area contributed by atoms with E-state index < -0.39 is 0 Å². The maximum atomic E-state index is 5.08. The number of benzene rings is 6. The lowest BCUT2D eigenvalue weighted by Crippen LogP contribution is -2.01. The highest BCUT2D eigenvalue weighted by Crippen LogP contribution is 2.39. The van der Waals surface area contributed by atoms with E-state index in [1.807, 2.05) is 60.9 Å². The summed E-state index contributed by atoms with van der Waals surface area (Å²) in [6.07, 6.45) is 3.62. The van der Waals surface area contributed by atoms with Crippen molar-refractivity contribution >= 4 is 32.3 Å². The van der Waals surface area contributed by atoms with Gasteiger partial charge in [0.1, 0.15) is 0 Å². The van der Waals surface area contributed by atoms with E-state index in [0.717, 1.165) is 33.2 Å². The fourth-order valence-electron chi connectivity index (χ4n) is 5.65. The fourth-order valence-corrected chi connectivity index (χ4v) is 5.65. The van der Waals surface area contributed by atoms with Gasteiger partial charge >= 0.3 is 0 Å². The van der Waals surface area contributed by atoms with Crippen LogP contribution in [0.2, 0.25) is 0 Å². The zero-order valence-corrected chi connectivity index (χ0v) is 21.5. The molecule has 0 saturated carbocycles. The third-order valence-electron chi connectivity index (χ3n) is 7.57. The van der Waals surface area contributed by atoms with Crippen LogP contribution in [0.3, 0.4) is 0 Å². The second-order valence-electron chi connectivity index (χ2n) is 9.96. The number of rotatable bonds is 4. The second kappa shape index (κ2) is 9.07. The van der Waals surface area contributed by atoms with Gasteiger partial charge in [-0.25, -0.2) is 15.0 Å². The Morgan fingerprint density at radius 3 is 1.77 bits per heavy atom. The SMILES string of the molecule is c1ccc(-c2nc(-c3cccc(-c4ccncc4)c3)nc(-c3ccc4ccc5cccc6ccc3c4c56)n2)cc1. The van der Waals surface area contributed by atoms with Gasteiger partial charge in [-0.3, -0.25) is 4.98 Å². The molecule has 0 saturated heterocycles. The first-order valence-corrected chi connectivity index (χ1v) is 13.3. The number of pyridine rings is 1. The van der Waals surface area contributed by atoms with Crippen molar-refractivity contribution in [2.75, 3.05) is 0 Å². The third kappa shape index (κ3) is 3.69. The van der Waals surface area contributed by atoms with Gasteiger partial charge in [-0.05, 0) is 67.7 Å². The summed E-state index contributed by atoms with van der Waals surface area (Å²) in [4.78, 5) is 19.2. The summed E-state index contributed by atoms with van der Waals surface area (Å²) in [5.74, 6) is 1.96. The van der Waals surface area contributed by atoms with Crippen LogP contribution < -0.4 is 0 Å². The molecule has 2 heterocycles. The molecule has 8 rings (SSSR count). The molecule has 4 heteroatoms. The van der Waals surface area contributed by atoms with E-state index in [4.69, 9.17) is 15.0 Å². The normalized spacial score (nSPS) is 11.5. The van der Waals surface area contributed by atoms with Crippen molar-refractivity contribution in [3.05, 3.63) is 134 Å². The summed E-state index contributed by atoms with van der Waals surface area (Å²) in [6, 6.07) is 42.1. The van der Waals surface area contributed by atoms with Gasteiger partial charge in [0, 0.05) is 29.1 Å². The molecule has 0 N–H and O–H groups in total. The topological polar surface area (TPSA) is 51.6 Å². The molecule has 0 amide bonds. The van der Waals surface area contributed by atoms with Crippen LogP contribution in [0, 0.1) is 0 Å². The molecule has 4 nitrogen and oxygen atoms in total. The molecule has 0 radical (unpaired) electrons. The van der Waals surface area contributed by atoms with Gasteiger partial charge in [-0.1, -0.05) is 97.1 Å². The molecule has 186 valence electrons. The summed E-state index contributed by atoms with van der Waals surface area (Å²) in [5, 5.41) is 7.36. The minimum atomic E-state index is 0.644. The number of hydrogen-bond acceptors (Lipinski definition) is 4. The van der Waals surface area contributed by atoms with E-state index in [2.05, 4.69) is 77.8 Å². The Kier molecular flexibility index (Phi) is 5.10. The minimum Gasteiger partial charge on any atom is -0.265 e. The van der Waals surface area contributed by atoms with Gasteiger partial charge < -0.3 is 0 Å². The Bertz CT molecular complexity index is 2140. The summed E-state index contributed by atoms with van der Waals surface area (Å²) in [5.41, 5.74) is 5.08. The van der Waals surface area contributed by atoms with E-state index in [9.17, 15) is 0 Å². The fraction of sp³-hybridized carbons (Fsp3) is 0. The molecule has 40 heavy (non-hydrogen) atoms. The van der Waals surface area contributed by atoms with E-state index in [1.165, 1.54) is 26.9 Å². The van der Waals surface area contributed by atoms with Gasteiger partial charge in [0.2, 0.25) is 0 Å². The standard InChI is InChI=1S/C36H22N4/c1-2-6-27(7-3-1)34-38-35(29-11-5-10-28(22-29)23-18-20-37-21-19-23)40-36(39-34)31-17-15-26-13-12-24-8-4-9-25-14-16-30(31)33(26)32(24)25/h1-22H. The second-order valence-corrected chi connectivity index (χ2v) is 9.96. The average Bonchev–Trinajstić information content (AvgIpc) is 3.04. The van der Waals surface area contributed by atoms with Crippen LogP contribution in [0.1, 0.15) is 0 Å². The predicted molar refractivity (Wildman–Crippen MR) is 163 cm³/mol. The van der Waals surface area contributed by atoms with Crippen LogP contribution in [0.4, 0.5) is 0 Å². The highest BCUT2D eigenvalue weighted by Gasteiger charge is 2.17. The molecular formula is C36H22N4. The summed E-state index contributed by atoms with van der Waals surface area (Å²) >= 11 is 0. The summed E-state index contributed by atoms with van der Waals surface area (Å²) < 4.78 is 0. The molecular weight excluding hydrogens is 488 g/mol. The van der Waals surface area contributed by atoms with Crippen molar-refractivity contribution in [1.82, 2.24) is 19.9 Å². The van der Waals surface area contributed by atoms with Crippen LogP contribution >= 0.6 is 0 Å². The molecule has 0 spiro atoms. The van der Waals surface area contributed by atoms with Gasteiger partial charge in [0.25, 0.3) is 0 Å². The van der Waals surface area contributed by atoms with E-state index in [1.54, 1.807) is 0 Å². The molecule has 8 aromatic rings. The zero-order chi connectivity index (χ0) is 26.5. The van der Waals surface area contributed by atoms with Crippen LogP contribution in [-0.4, -0.2) is 19.9 Å². The predicted octanol–water partition coefficient (Wildman–Crippen LogP) is 8.83. The Labute approximate surface area is 231 Å². The van der Waals surface area contributed by atoms with Crippen molar-refractivity contribution in [2.45, 2.75) is 0 Å². The van der Waals surface area contributed by atoms with Gasteiger partial charge in [-0.15, -0.1) is 0 Å². The van der Waals surface area contributed by atoms with Gasteiger partial charge in [0.15, 0.2) is 17.5 Å². The Morgan fingerprint density at radius 2 is 0.975 bits per heavy atom. The van der Waals surface area contributed by atoms with E-state index in [0.29, 0.717) is 17.5 Å². The molecule has 0 aliphatic carbocycles. The molecule has 0 bridgehead atoms. The zero-order valence-electron chi connectivity index (χ0n) is 21.5. The Morgan fingerprint density at radius 1 is 0.375 bits per heavy atom. The monoisotopic (exact) mass is 510 g/mol. The van der Waals surface area contributed by atoms with E-state index >= 15 is 0 Å². The van der Waals surface area contributed by atoms with Gasteiger partial charge in [0.05, 0.1) is 0 Å². The molecule has 0 aliphatic heterocycles. The van der Waals surface area contributed by atoms with Crippen molar-refractivity contribution in [2.24, 2.45) is 0 Å². The third-order valence-corrected chi connectivity index (χ3v) is 7.57. The quantitative estimate of drug-likeness (QED) is 0.222. The first-order chi connectivity index (χ1) is 19.8. The highest BCUT2D eigenvalue weighted by molar-refractivity contribution is 6.25. The van der Waals surface area contributed by atoms with Gasteiger partial charge in [-0.2, -0.15) is 0 Å². The lowest BCUT2D eigenvalue weighted by atomic mass is 9.92. The smallest absolute Gasteiger partial charge is 0.164 e. The number of hydrogen-bond donors (Lipinski definition) is 0. The summed E-state index contributed by atoms with van der Waals surface area (Å²) in [7, 11) is 0. The van der Waals surface area contributed by atoms with Crippen LogP contribution in [0.5, 0.6) is 0 Å². The first kappa shape index (κ1) is 22.5. The average molecular weight is 511 g/mol. The Hall–Kier alpha value is -5.48. The van der Waals surface area contributed by atoms with E-state index in [-0.39, 0.29) is 0 Å². The number of aromatic nitrogens is 4. The maximum Gasteiger partial charge on any atom is 0.164 e. The minimum absolute atomic E-state index is 0.644. The molecule has 0 fully saturated rings. The van der Waals surface area contributed by atoms with Crippen molar-refractivity contribution in [3.63, 3.8) is 0 Å². The largest absolute Gasteiger partial charge is 0.265 e. The lowest BCUT2D eigenvalue weighted by Gasteiger charge is -2.14. The molecule has 0 atom stereocenters. The molecule has 0 unspecified atom stereocenters. The lowest BCUT2D eigenvalue weighted by molar-refractivity contribution is 1.08. The number of nitrogens with zero attached hydrogens (tertiary/aromatic N) is 4. The maximum absolute atomic E-state index is 5.08. The highest BCUT2D eigenvalue weighted by atomic mass is 15.0. The van der Waals surface area contributed by atoms with Crippen molar-refractivity contribution in [1.29, 1.82) is 0 Å². The molecule has 2 aromatic heterocycles. The molecule has 6 aromatic carbocycles. The van der Waals surface area contributed by atoms with Crippen LogP contribution in [0.25, 0.3) is 77.6 Å². The molecule has 0 aliphatic rings. The van der Waals surface area contributed by atoms with Crippen LogP contribution in [0.15, 0.2) is 134 Å². The van der Waals surface area contributed by atoms with Crippen LogP contribution in [-0.2, 0) is 0 Å². The van der Waals surface area contributed by atoms with Crippen molar-refractivity contribution in [3.8, 4) is 45.3 Å².